The number of carbonyl (C=O) groups is 1. The van der Waals surface area contributed by atoms with Crippen LogP contribution in [0.3, 0.4) is 0 Å². The van der Waals surface area contributed by atoms with Gasteiger partial charge in [-0.3, -0.25) is 9.36 Å². The zero-order chi connectivity index (χ0) is 15.8. The van der Waals surface area contributed by atoms with Gasteiger partial charge in [-0.25, -0.2) is 5.09 Å². The van der Waals surface area contributed by atoms with Crippen molar-refractivity contribution in [3.8, 4) is 0 Å². The molecule has 22 heavy (non-hydrogen) atoms. The zero-order valence-corrected chi connectivity index (χ0v) is 14.2. The molecule has 7 heteroatoms. The fourth-order valence-corrected chi connectivity index (χ4v) is 4.83. The maximum atomic E-state index is 12.2. The number of hydrogen-bond donors (Lipinski definition) is 3. The van der Waals surface area contributed by atoms with Crippen molar-refractivity contribution in [2.75, 3.05) is 24.2 Å². The lowest BCUT2D eigenvalue weighted by Gasteiger charge is -2.19. The second-order valence-corrected chi connectivity index (χ2v) is 8.67. The summed E-state index contributed by atoms with van der Waals surface area (Å²) in [6, 6.07) is 9.52. The summed E-state index contributed by atoms with van der Waals surface area (Å²) < 4.78 is 12.2. The number of unbranched alkanes of at least 4 members (excludes halogenated alkanes) is 1. The first kappa shape index (κ1) is 17.5. The van der Waals surface area contributed by atoms with Crippen molar-refractivity contribution < 1.29 is 14.3 Å². The molecule has 0 bridgehead atoms. The molecule has 1 aliphatic heterocycles. The highest BCUT2D eigenvalue weighted by Crippen LogP contribution is 2.37. The molecule has 3 N–H and O–H groups in total. The molecule has 0 aliphatic carbocycles. The fourth-order valence-electron chi connectivity index (χ4n) is 2.35. The van der Waals surface area contributed by atoms with E-state index in [-0.39, 0.29) is 12.1 Å². The average Bonchev–Trinajstić information content (AvgIpc) is 2.70. The summed E-state index contributed by atoms with van der Waals surface area (Å²) in [5.41, 5.74) is 1.24. The molecule has 2 rings (SSSR count). The lowest BCUT2D eigenvalue weighted by atomic mass is 10.1. The van der Waals surface area contributed by atoms with E-state index in [1.54, 1.807) is 11.8 Å². The number of nitrogens with one attached hydrogen (secondary N) is 2. The van der Waals surface area contributed by atoms with Crippen molar-refractivity contribution in [3.05, 3.63) is 35.9 Å². The maximum absolute atomic E-state index is 12.2. The summed E-state index contributed by atoms with van der Waals surface area (Å²) in [7, 11) is -3.46. The van der Waals surface area contributed by atoms with Crippen molar-refractivity contribution in [2.45, 2.75) is 25.3 Å². The summed E-state index contributed by atoms with van der Waals surface area (Å²) in [6.07, 6.45) is 2.63. The molecule has 0 aromatic heterocycles. The first-order valence-corrected chi connectivity index (χ1v) is 10.6. The first-order valence-electron chi connectivity index (χ1n) is 7.56. The average molecular weight is 342 g/mol. The highest BCUT2D eigenvalue weighted by Gasteiger charge is 2.28. The molecule has 1 aromatic rings. The molecule has 0 radical (unpaired) electrons. The Kier molecular flexibility index (Phi) is 6.96. The molecule has 1 aromatic carbocycles. The van der Waals surface area contributed by atoms with Gasteiger partial charge in [-0.1, -0.05) is 30.3 Å². The smallest absolute Gasteiger partial charge is 0.267 e. The van der Waals surface area contributed by atoms with E-state index in [1.165, 1.54) is 5.56 Å². The molecule has 5 nitrogen and oxygen atoms in total. The monoisotopic (exact) mass is 342 g/mol. The molecule has 2 atom stereocenters. The van der Waals surface area contributed by atoms with Crippen molar-refractivity contribution >= 4 is 25.2 Å². The Bertz CT molecular complexity index is 527. The second kappa shape index (κ2) is 8.73. The van der Waals surface area contributed by atoms with Crippen molar-refractivity contribution in [1.82, 2.24) is 10.4 Å². The van der Waals surface area contributed by atoms with Crippen LogP contribution in [-0.4, -0.2) is 41.1 Å². The molecule has 0 spiro atoms. The third-order valence-electron chi connectivity index (χ3n) is 3.52. The van der Waals surface area contributed by atoms with Gasteiger partial charge in [0.15, 0.2) is 0 Å². The van der Waals surface area contributed by atoms with E-state index >= 15 is 0 Å². The molecule has 1 aliphatic rings. The molecule has 1 amide bonds. The minimum Gasteiger partial charge on any atom is -0.354 e. The standard InChI is InChI=1S/C15H23N2O3PS/c18-15-14(12-22-11-9-16-15)17-21(19,20)10-5-4-8-13-6-2-1-3-7-13/h1-3,6-7,14H,4-5,8-12H2,(H,16,18)(H2,17,19,20). The van der Waals surface area contributed by atoms with Gasteiger partial charge in [0.25, 0.3) is 7.52 Å². The molecular formula is C15H23N2O3PS. The van der Waals surface area contributed by atoms with Crippen molar-refractivity contribution in [1.29, 1.82) is 0 Å². The van der Waals surface area contributed by atoms with Gasteiger partial charge in [-0.15, -0.1) is 0 Å². The molecule has 0 saturated carbocycles. The highest BCUT2D eigenvalue weighted by molar-refractivity contribution is 7.99. The predicted octanol–water partition coefficient (Wildman–Crippen LogP) is 2.02. The van der Waals surface area contributed by atoms with Gasteiger partial charge in [-0.2, -0.15) is 11.8 Å². The third-order valence-corrected chi connectivity index (χ3v) is 6.22. The Balaban J connectivity index is 1.73. The van der Waals surface area contributed by atoms with Crippen LogP contribution in [0.25, 0.3) is 0 Å². The van der Waals surface area contributed by atoms with Gasteiger partial charge < -0.3 is 10.2 Å². The van der Waals surface area contributed by atoms with Gasteiger partial charge >= 0.3 is 0 Å². The number of carbonyl (C=O) groups excluding carboxylic acids is 1. The summed E-state index contributed by atoms with van der Waals surface area (Å²) in [5, 5.41) is 5.41. The van der Waals surface area contributed by atoms with Gasteiger partial charge in [0.1, 0.15) is 6.04 Å². The lowest BCUT2D eigenvalue weighted by molar-refractivity contribution is -0.122. The van der Waals surface area contributed by atoms with Crippen LogP contribution in [0.15, 0.2) is 30.3 Å². The van der Waals surface area contributed by atoms with E-state index in [9.17, 15) is 14.3 Å². The summed E-state index contributed by atoms with van der Waals surface area (Å²) in [5.74, 6) is 1.21. The minimum absolute atomic E-state index is 0.177. The molecular weight excluding hydrogens is 319 g/mol. The van der Waals surface area contributed by atoms with Crippen LogP contribution in [0.2, 0.25) is 0 Å². The van der Waals surface area contributed by atoms with Crippen LogP contribution in [0.1, 0.15) is 18.4 Å². The number of rotatable bonds is 7. The van der Waals surface area contributed by atoms with E-state index in [2.05, 4.69) is 22.5 Å². The predicted molar refractivity (Wildman–Crippen MR) is 91.3 cm³/mol. The minimum atomic E-state index is -3.46. The normalized spacial score (nSPS) is 21.7. The number of hydrogen-bond acceptors (Lipinski definition) is 3. The molecule has 1 fully saturated rings. The number of aryl methyl sites for hydroxylation is 1. The second-order valence-electron chi connectivity index (χ2n) is 5.42. The largest absolute Gasteiger partial charge is 0.354 e. The SMILES string of the molecule is O=C1NCCSCC1NP(=O)(O)CCCCc1ccccc1. The highest BCUT2D eigenvalue weighted by atomic mass is 32.2. The van der Waals surface area contributed by atoms with Crippen LogP contribution in [0.5, 0.6) is 0 Å². The maximum Gasteiger partial charge on any atom is 0.267 e. The summed E-state index contributed by atoms with van der Waals surface area (Å²) >= 11 is 1.62. The quantitative estimate of drug-likeness (QED) is 0.522. The fraction of sp³-hybridized carbons (Fsp3) is 0.533. The van der Waals surface area contributed by atoms with Crippen molar-refractivity contribution in [2.24, 2.45) is 0 Å². The number of amides is 1. The summed E-state index contributed by atoms with van der Waals surface area (Å²) in [4.78, 5) is 21.8. The van der Waals surface area contributed by atoms with E-state index in [1.807, 2.05) is 18.2 Å². The lowest BCUT2D eigenvalue weighted by Crippen LogP contribution is -2.43. The molecule has 122 valence electrons. The van der Waals surface area contributed by atoms with Gasteiger partial charge in [-0.05, 0) is 24.8 Å². The van der Waals surface area contributed by atoms with Crippen LogP contribution in [-0.2, 0) is 15.8 Å². The molecule has 1 saturated heterocycles. The van der Waals surface area contributed by atoms with E-state index in [4.69, 9.17) is 0 Å². The molecule has 2 unspecified atom stereocenters. The zero-order valence-electron chi connectivity index (χ0n) is 12.5. The third kappa shape index (κ3) is 6.13. The van der Waals surface area contributed by atoms with Gasteiger partial charge in [0.05, 0.1) is 0 Å². The topological polar surface area (TPSA) is 78.4 Å². The van der Waals surface area contributed by atoms with E-state index in [0.29, 0.717) is 18.7 Å². The van der Waals surface area contributed by atoms with Crippen LogP contribution >= 0.6 is 19.3 Å². The number of benzene rings is 1. The Hall–Kier alpha value is -0.810. The number of thioether (sulfide) groups is 1. The van der Waals surface area contributed by atoms with Crippen LogP contribution < -0.4 is 10.4 Å². The van der Waals surface area contributed by atoms with Crippen molar-refractivity contribution in [3.63, 3.8) is 0 Å². The first-order chi connectivity index (χ1) is 10.6. The van der Waals surface area contributed by atoms with Gasteiger partial charge in [0, 0.05) is 24.2 Å². The van der Waals surface area contributed by atoms with E-state index in [0.717, 1.165) is 18.6 Å². The van der Waals surface area contributed by atoms with Crippen LogP contribution in [0, 0.1) is 0 Å². The Morgan fingerprint density at radius 1 is 1.32 bits per heavy atom. The summed E-state index contributed by atoms with van der Waals surface area (Å²) in [6.45, 7) is 0.620. The Morgan fingerprint density at radius 3 is 2.86 bits per heavy atom. The Labute approximate surface area is 135 Å². The Morgan fingerprint density at radius 2 is 2.09 bits per heavy atom. The van der Waals surface area contributed by atoms with Gasteiger partial charge in [0.2, 0.25) is 5.91 Å². The molecule has 1 heterocycles. The van der Waals surface area contributed by atoms with E-state index < -0.39 is 13.6 Å². The van der Waals surface area contributed by atoms with Crippen LogP contribution in [0.4, 0.5) is 0 Å².